The third-order valence-electron chi connectivity index (χ3n) is 4.83. The molecule has 0 bridgehead atoms. The van der Waals surface area contributed by atoms with Gasteiger partial charge in [0.2, 0.25) is 5.88 Å². The molecule has 0 fully saturated rings. The fourth-order valence-electron chi connectivity index (χ4n) is 3.35. The Hall–Kier alpha value is -4.60. The molecule has 4 heterocycles. The van der Waals surface area contributed by atoms with Crippen molar-refractivity contribution < 1.29 is 9.53 Å². The molecule has 4 aromatic heterocycles. The van der Waals surface area contributed by atoms with E-state index < -0.39 is 0 Å². The SMILES string of the molecule is COc1nn(C)cc1C(=O)Nc1cccc(-c2ccc3nnc(-c4cccnc4)n3n2)c1. The fourth-order valence-corrected chi connectivity index (χ4v) is 3.35. The first-order chi connectivity index (χ1) is 15.6. The average Bonchev–Trinajstić information content (AvgIpc) is 3.42. The minimum absolute atomic E-state index is 0.267. The summed E-state index contributed by atoms with van der Waals surface area (Å²) in [7, 11) is 3.21. The maximum atomic E-state index is 12.7. The molecule has 1 aromatic carbocycles. The third-order valence-corrected chi connectivity index (χ3v) is 4.83. The molecular formula is C22H18N8O2. The highest BCUT2D eigenvalue weighted by molar-refractivity contribution is 6.06. The highest BCUT2D eigenvalue weighted by atomic mass is 16.5. The monoisotopic (exact) mass is 426 g/mol. The van der Waals surface area contributed by atoms with Gasteiger partial charge in [-0.25, -0.2) is 0 Å². The van der Waals surface area contributed by atoms with Crippen LogP contribution in [0, 0.1) is 0 Å². The van der Waals surface area contributed by atoms with Gasteiger partial charge in [-0.3, -0.25) is 14.5 Å². The van der Waals surface area contributed by atoms with Crippen LogP contribution < -0.4 is 10.1 Å². The fraction of sp³-hybridized carbons (Fsp3) is 0.0909. The van der Waals surface area contributed by atoms with Crippen molar-refractivity contribution in [3.8, 4) is 28.5 Å². The molecule has 0 aliphatic rings. The first-order valence-electron chi connectivity index (χ1n) is 9.74. The number of aromatic nitrogens is 7. The average molecular weight is 426 g/mol. The van der Waals surface area contributed by atoms with E-state index in [9.17, 15) is 4.79 Å². The van der Waals surface area contributed by atoms with E-state index in [1.807, 2.05) is 48.5 Å². The molecule has 0 unspecified atom stereocenters. The van der Waals surface area contributed by atoms with Gasteiger partial charge in [0.05, 0.1) is 12.8 Å². The number of nitrogens with zero attached hydrogens (tertiary/aromatic N) is 7. The topological polar surface area (TPSA) is 112 Å². The third kappa shape index (κ3) is 3.54. The summed E-state index contributed by atoms with van der Waals surface area (Å²) in [4.78, 5) is 16.9. The molecule has 0 saturated carbocycles. The second-order valence-electron chi connectivity index (χ2n) is 7.01. The Kier molecular flexibility index (Phi) is 4.79. The maximum Gasteiger partial charge on any atom is 0.262 e. The molecular weight excluding hydrogens is 408 g/mol. The number of aryl methyl sites for hydroxylation is 1. The second-order valence-corrected chi connectivity index (χ2v) is 7.01. The first-order valence-corrected chi connectivity index (χ1v) is 9.74. The second kappa shape index (κ2) is 7.91. The number of rotatable bonds is 5. The van der Waals surface area contributed by atoms with Crippen molar-refractivity contribution in [2.45, 2.75) is 0 Å². The van der Waals surface area contributed by atoms with Gasteiger partial charge in [0, 0.05) is 42.5 Å². The molecule has 10 heteroatoms. The summed E-state index contributed by atoms with van der Waals surface area (Å²) in [5.41, 5.74) is 3.95. The van der Waals surface area contributed by atoms with E-state index in [0.717, 1.165) is 11.1 Å². The number of hydrogen-bond donors (Lipinski definition) is 1. The van der Waals surface area contributed by atoms with E-state index in [1.165, 1.54) is 11.8 Å². The van der Waals surface area contributed by atoms with Crippen LogP contribution in [0.15, 0.2) is 67.1 Å². The lowest BCUT2D eigenvalue weighted by atomic mass is 10.1. The predicted octanol–water partition coefficient (Wildman–Crippen LogP) is 2.85. The van der Waals surface area contributed by atoms with Crippen LogP contribution in [0.25, 0.3) is 28.3 Å². The van der Waals surface area contributed by atoms with Crippen LogP contribution in [-0.4, -0.2) is 47.6 Å². The smallest absolute Gasteiger partial charge is 0.262 e. The maximum absolute atomic E-state index is 12.7. The van der Waals surface area contributed by atoms with Gasteiger partial charge in [-0.2, -0.15) is 9.61 Å². The van der Waals surface area contributed by atoms with E-state index in [-0.39, 0.29) is 11.8 Å². The molecule has 0 aliphatic heterocycles. The standard InChI is InChI=1S/C22H18N8O2/c1-29-13-17(22(28-29)32-2)21(31)24-16-7-3-5-14(11-16)18-8-9-19-25-26-20(30(19)27-18)15-6-4-10-23-12-15/h3-13H,1-2H3,(H,24,31). The van der Waals surface area contributed by atoms with Gasteiger partial charge in [0.15, 0.2) is 11.5 Å². The Balaban J connectivity index is 1.47. The first kappa shape index (κ1) is 19.4. The van der Waals surface area contributed by atoms with Gasteiger partial charge >= 0.3 is 0 Å². The summed E-state index contributed by atoms with van der Waals surface area (Å²) in [5, 5.41) is 20.1. The van der Waals surface area contributed by atoms with E-state index in [4.69, 9.17) is 9.84 Å². The molecule has 1 amide bonds. The molecule has 1 N–H and O–H groups in total. The Labute approximate surface area is 182 Å². The van der Waals surface area contributed by atoms with Crippen LogP contribution in [0.5, 0.6) is 5.88 Å². The van der Waals surface area contributed by atoms with Crippen LogP contribution in [0.1, 0.15) is 10.4 Å². The summed E-state index contributed by atoms with van der Waals surface area (Å²) in [6, 6.07) is 14.9. The molecule has 5 rings (SSSR count). The zero-order chi connectivity index (χ0) is 22.1. The van der Waals surface area contributed by atoms with Gasteiger partial charge in [0.25, 0.3) is 5.91 Å². The summed E-state index contributed by atoms with van der Waals surface area (Å²) in [6.07, 6.45) is 5.03. The van der Waals surface area contributed by atoms with E-state index in [2.05, 4.69) is 25.6 Å². The Morgan fingerprint density at radius 1 is 1.03 bits per heavy atom. The van der Waals surface area contributed by atoms with Crippen LogP contribution in [-0.2, 0) is 7.05 Å². The number of ether oxygens (including phenoxy) is 1. The van der Waals surface area contributed by atoms with Crippen molar-refractivity contribution in [1.82, 2.24) is 34.6 Å². The Morgan fingerprint density at radius 3 is 2.72 bits per heavy atom. The van der Waals surface area contributed by atoms with Crippen molar-refractivity contribution in [2.75, 3.05) is 12.4 Å². The van der Waals surface area contributed by atoms with Gasteiger partial charge in [-0.15, -0.1) is 15.3 Å². The number of nitrogens with one attached hydrogen (secondary N) is 1. The lowest BCUT2D eigenvalue weighted by molar-refractivity contribution is 0.102. The minimum Gasteiger partial charge on any atom is -0.479 e. The molecule has 32 heavy (non-hydrogen) atoms. The van der Waals surface area contributed by atoms with Crippen LogP contribution in [0.2, 0.25) is 0 Å². The van der Waals surface area contributed by atoms with Crippen molar-refractivity contribution >= 4 is 17.2 Å². The minimum atomic E-state index is -0.312. The number of hydrogen-bond acceptors (Lipinski definition) is 7. The number of carbonyl (C=O) groups excluding carboxylic acids is 1. The molecule has 0 atom stereocenters. The van der Waals surface area contributed by atoms with Crippen LogP contribution in [0.3, 0.4) is 0 Å². The van der Waals surface area contributed by atoms with E-state index >= 15 is 0 Å². The van der Waals surface area contributed by atoms with Gasteiger partial charge in [-0.1, -0.05) is 12.1 Å². The number of pyridine rings is 1. The number of amides is 1. The number of fused-ring (bicyclic) bond motifs is 1. The van der Waals surface area contributed by atoms with E-state index in [0.29, 0.717) is 28.4 Å². The van der Waals surface area contributed by atoms with Crippen molar-refractivity contribution in [3.63, 3.8) is 0 Å². The van der Waals surface area contributed by atoms with Crippen LogP contribution >= 0.6 is 0 Å². The lowest BCUT2D eigenvalue weighted by Gasteiger charge is -2.08. The van der Waals surface area contributed by atoms with Crippen LogP contribution in [0.4, 0.5) is 5.69 Å². The predicted molar refractivity (Wildman–Crippen MR) is 117 cm³/mol. The highest BCUT2D eigenvalue weighted by Crippen LogP contribution is 2.24. The summed E-state index contributed by atoms with van der Waals surface area (Å²) in [5.74, 6) is 0.556. The molecule has 10 nitrogen and oxygen atoms in total. The lowest BCUT2D eigenvalue weighted by Crippen LogP contribution is -2.12. The summed E-state index contributed by atoms with van der Waals surface area (Å²) >= 11 is 0. The molecule has 0 aliphatic carbocycles. The van der Waals surface area contributed by atoms with Gasteiger partial charge < -0.3 is 10.1 Å². The number of benzene rings is 1. The van der Waals surface area contributed by atoms with Crippen molar-refractivity contribution in [3.05, 3.63) is 72.7 Å². The number of anilines is 1. The normalized spacial score (nSPS) is 10.9. The summed E-state index contributed by atoms with van der Waals surface area (Å²) < 4.78 is 8.39. The van der Waals surface area contributed by atoms with Crippen molar-refractivity contribution in [2.24, 2.45) is 7.05 Å². The van der Waals surface area contributed by atoms with Crippen molar-refractivity contribution in [1.29, 1.82) is 0 Å². The summed E-state index contributed by atoms with van der Waals surface area (Å²) in [6.45, 7) is 0. The Bertz CT molecular complexity index is 1420. The van der Waals surface area contributed by atoms with Gasteiger partial charge in [0.1, 0.15) is 5.56 Å². The molecule has 5 aromatic rings. The van der Waals surface area contributed by atoms with Gasteiger partial charge in [-0.05, 0) is 36.4 Å². The number of methoxy groups -OCH3 is 1. The molecule has 0 spiro atoms. The zero-order valence-corrected chi connectivity index (χ0v) is 17.3. The zero-order valence-electron chi connectivity index (χ0n) is 17.3. The molecule has 158 valence electrons. The number of carbonyl (C=O) groups is 1. The van der Waals surface area contributed by atoms with E-state index in [1.54, 1.807) is 30.2 Å². The quantitative estimate of drug-likeness (QED) is 0.460. The highest BCUT2D eigenvalue weighted by Gasteiger charge is 2.17. The molecule has 0 radical (unpaired) electrons. The largest absolute Gasteiger partial charge is 0.479 e. The Morgan fingerprint density at radius 2 is 1.91 bits per heavy atom. The molecule has 0 saturated heterocycles.